The van der Waals surface area contributed by atoms with Gasteiger partial charge in [0.05, 0.1) is 6.10 Å². The fraction of sp³-hybridized carbons (Fsp3) is 0.750. The Morgan fingerprint density at radius 2 is 2.00 bits per heavy atom. The Morgan fingerprint density at radius 3 is 2.00 bits per heavy atom. The molecule has 0 N–H and O–H groups in total. The second-order valence-electron chi connectivity index (χ2n) is 1.43. The number of thiol groups is 1. The number of hydrogen-bond acceptors (Lipinski definition) is 2. The average Bonchev–Trinajstić information content (AvgIpc) is 1.27. The zero-order valence-corrected chi connectivity index (χ0v) is 7.51. The van der Waals surface area contributed by atoms with Crippen molar-refractivity contribution in [1.29, 1.82) is 0 Å². The molecular weight excluding hydrogens is 184 g/mol. The molecule has 0 amide bonds. The Balaban J connectivity index is 0. The van der Waals surface area contributed by atoms with Crippen molar-refractivity contribution in [3.63, 3.8) is 0 Å². The predicted molar refractivity (Wildman–Crippen MR) is 37.8 cm³/mol. The second-order valence-corrected chi connectivity index (χ2v) is 2.51. The van der Waals surface area contributed by atoms with Crippen molar-refractivity contribution in [2.45, 2.75) is 20.0 Å². The van der Waals surface area contributed by atoms with E-state index in [1.807, 2.05) is 13.8 Å². The van der Waals surface area contributed by atoms with Crippen LogP contribution in [0, 0.1) is 0 Å². The van der Waals surface area contributed by atoms with Gasteiger partial charge in [-0.05, 0) is 26.1 Å². The molecule has 0 aliphatic heterocycles. The zero-order chi connectivity index (χ0) is 5.86. The van der Waals surface area contributed by atoms with Crippen LogP contribution in [0.4, 0.5) is 0 Å². The van der Waals surface area contributed by atoms with E-state index in [1.165, 1.54) is 0 Å². The molecule has 0 aliphatic rings. The predicted octanol–water partition coefficient (Wildman–Crippen LogP) is 1.62. The summed E-state index contributed by atoms with van der Waals surface area (Å²) in [5.41, 5.74) is 0. The van der Waals surface area contributed by atoms with E-state index < -0.39 is 0 Å². The zero-order valence-electron chi connectivity index (χ0n) is 4.69. The molecule has 0 fully saturated rings. The second kappa shape index (κ2) is 5.89. The van der Waals surface area contributed by atoms with Crippen LogP contribution in [0.3, 0.4) is 0 Å². The molecule has 0 bridgehead atoms. The molecule has 0 radical (unpaired) electrons. The summed E-state index contributed by atoms with van der Waals surface area (Å²) >= 11 is 8.26. The van der Waals surface area contributed by atoms with Crippen LogP contribution in [0.2, 0.25) is 0 Å². The minimum Gasteiger partial charge on any atom is -0.476 e. The molecule has 0 aromatic rings. The summed E-state index contributed by atoms with van der Waals surface area (Å²) < 4.78 is 5.16. The first-order chi connectivity index (χ1) is 3.13. The molecular formula is C4H8FeOS2. The molecule has 1 nitrogen and oxygen atoms in total. The van der Waals surface area contributed by atoms with Gasteiger partial charge in [0.2, 0.25) is 4.38 Å². The van der Waals surface area contributed by atoms with Gasteiger partial charge in [0.1, 0.15) is 0 Å². The molecule has 0 aromatic heterocycles. The number of hydrogen-bond donors (Lipinski definition) is 1. The number of thiocarbonyl (C=S) groups is 1. The summed E-state index contributed by atoms with van der Waals surface area (Å²) in [7, 11) is 0. The standard InChI is InChI=1S/C4H8OS2.Fe/c1-3(2)5-4(6)7;/h3H,1-2H3,(H,6,7);. The Labute approximate surface area is 71.1 Å². The van der Waals surface area contributed by atoms with E-state index in [2.05, 4.69) is 24.8 Å². The maximum Gasteiger partial charge on any atom is 0.217 e. The van der Waals surface area contributed by atoms with Crippen LogP contribution < -0.4 is 0 Å². The fourth-order valence-electron chi connectivity index (χ4n) is 0.202. The van der Waals surface area contributed by atoms with Crippen molar-refractivity contribution in [3.8, 4) is 0 Å². The maximum absolute atomic E-state index is 4.85. The average molecular weight is 192 g/mol. The molecule has 8 heavy (non-hydrogen) atoms. The summed E-state index contributed by atoms with van der Waals surface area (Å²) in [4.78, 5) is 0. The quantitative estimate of drug-likeness (QED) is 0.384. The van der Waals surface area contributed by atoms with Crippen LogP contribution >= 0.6 is 24.8 Å². The molecule has 0 atom stereocenters. The molecule has 4 heteroatoms. The van der Waals surface area contributed by atoms with Gasteiger partial charge in [0, 0.05) is 17.1 Å². The maximum atomic E-state index is 4.85. The van der Waals surface area contributed by atoms with Crippen molar-refractivity contribution in [3.05, 3.63) is 0 Å². The Hall–Kier alpha value is 0.759. The summed E-state index contributed by atoms with van der Waals surface area (Å²) in [6.07, 6.45) is 0.157. The molecule has 0 saturated carbocycles. The van der Waals surface area contributed by atoms with Gasteiger partial charge in [0.15, 0.2) is 0 Å². The third kappa shape index (κ3) is 9.90. The first kappa shape index (κ1) is 11.5. The van der Waals surface area contributed by atoms with Crippen molar-refractivity contribution in [2.75, 3.05) is 0 Å². The van der Waals surface area contributed by atoms with Gasteiger partial charge in [-0.1, -0.05) is 12.6 Å². The van der Waals surface area contributed by atoms with E-state index in [0.29, 0.717) is 4.38 Å². The van der Waals surface area contributed by atoms with Crippen LogP contribution in [-0.2, 0) is 21.8 Å². The molecule has 0 aliphatic carbocycles. The van der Waals surface area contributed by atoms with Crippen LogP contribution in [0.25, 0.3) is 0 Å². The number of rotatable bonds is 1. The van der Waals surface area contributed by atoms with Gasteiger partial charge in [-0.2, -0.15) is 0 Å². The van der Waals surface area contributed by atoms with Gasteiger partial charge in [-0.25, -0.2) is 0 Å². The van der Waals surface area contributed by atoms with Crippen LogP contribution in [0.1, 0.15) is 13.8 Å². The molecule has 0 heterocycles. The van der Waals surface area contributed by atoms with Crippen molar-refractivity contribution < 1.29 is 21.8 Å². The normalized spacial score (nSPS) is 8.00. The van der Waals surface area contributed by atoms with Crippen molar-refractivity contribution in [1.82, 2.24) is 0 Å². The third-order valence-electron chi connectivity index (χ3n) is 0.337. The van der Waals surface area contributed by atoms with Gasteiger partial charge in [0.25, 0.3) is 0 Å². The molecule has 0 saturated heterocycles. The molecule has 0 rings (SSSR count). The minimum absolute atomic E-state index is 0. The largest absolute Gasteiger partial charge is 0.476 e. The van der Waals surface area contributed by atoms with E-state index in [9.17, 15) is 0 Å². The van der Waals surface area contributed by atoms with Crippen molar-refractivity contribution in [2.24, 2.45) is 0 Å². The summed E-state index contributed by atoms with van der Waals surface area (Å²) in [6.45, 7) is 3.81. The van der Waals surface area contributed by atoms with E-state index in [4.69, 9.17) is 4.74 Å². The first-order valence-electron chi connectivity index (χ1n) is 2.02. The van der Waals surface area contributed by atoms with Crippen LogP contribution in [-0.4, -0.2) is 10.5 Å². The van der Waals surface area contributed by atoms with E-state index in [1.54, 1.807) is 0 Å². The van der Waals surface area contributed by atoms with Gasteiger partial charge < -0.3 is 4.74 Å². The van der Waals surface area contributed by atoms with Gasteiger partial charge in [-0.3, -0.25) is 0 Å². The fourth-order valence-corrected chi connectivity index (χ4v) is 0.605. The third-order valence-corrected chi connectivity index (χ3v) is 0.538. The van der Waals surface area contributed by atoms with E-state index in [-0.39, 0.29) is 23.2 Å². The van der Waals surface area contributed by atoms with Gasteiger partial charge >= 0.3 is 0 Å². The minimum atomic E-state index is 0. The monoisotopic (exact) mass is 192 g/mol. The summed E-state index contributed by atoms with van der Waals surface area (Å²) in [6, 6.07) is 0. The van der Waals surface area contributed by atoms with Crippen LogP contribution in [0.5, 0.6) is 0 Å². The van der Waals surface area contributed by atoms with Crippen LogP contribution in [0.15, 0.2) is 0 Å². The molecule has 0 aromatic carbocycles. The smallest absolute Gasteiger partial charge is 0.217 e. The van der Waals surface area contributed by atoms with Crippen molar-refractivity contribution >= 4 is 29.2 Å². The van der Waals surface area contributed by atoms with E-state index >= 15 is 0 Å². The Kier molecular flexibility index (Phi) is 8.50. The van der Waals surface area contributed by atoms with Gasteiger partial charge in [-0.15, -0.1) is 0 Å². The Bertz CT molecular complexity index is 74.4. The molecule has 0 spiro atoms. The Morgan fingerprint density at radius 1 is 1.62 bits per heavy atom. The topological polar surface area (TPSA) is 9.23 Å². The van der Waals surface area contributed by atoms with E-state index in [0.717, 1.165) is 0 Å². The molecule has 0 unspecified atom stereocenters. The SMILES string of the molecule is CC(C)OC(=S)S.[Fe]. The summed E-state index contributed by atoms with van der Waals surface area (Å²) in [5, 5.41) is 0. The molecule has 50 valence electrons. The first-order valence-corrected chi connectivity index (χ1v) is 2.88. The number of ether oxygens (including phenoxy) is 1. The summed E-state index contributed by atoms with van der Waals surface area (Å²) in [5.74, 6) is 0.